The van der Waals surface area contributed by atoms with E-state index in [1.165, 1.54) is 6.92 Å². The van der Waals surface area contributed by atoms with Gasteiger partial charge in [-0.25, -0.2) is 0 Å². The van der Waals surface area contributed by atoms with Crippen molar-refractivity contribution in [3.63, 3.8) is 0 Å². The van der Waals surface area contributed by atoms with E-state index in [1.807, 2.05) is 0 Å². The molecule has 0 aliphatic heterocycles. The molecule has 0 radical (unpaired) electrons. The normalized spacial score (nSPS) is 14.4. The van der Waals surface area contributed by atoms with E-state index in [9.17, 15) is 13.8 Å². The minimum absolute atomic E-state index is 0.0215. The van der Waals surface area contributed by atoms with Crippen LogP contribution in [0.2, 0.25) is 0 Å². The van der Waals surface area contributed by atoms with Crippen LogP contribution in [-0.2, 0) is 20.4 Å². The van der Waals surface area contributed by atoms with Crippen LogP contribution >= 0.6 is 0 Å². The second kappa shape index (κ2) is 6.53. The lowest BCUT2D eigenvalue weighted by Gasteiger charge is -2.09. The van der Waals surface area contributed by atoms with Gasteiger partial charge in [0.1, 0.15) is 5.25 Å². The summed E-state index contributed by atoms with van der Waals surface area (Å²) in [5, 5.41) is 10.2. The summed E-state index contributed by atoms with van der Waals surface area (Å²) in [6.07, 6.45) is -0.170. The summed E-state index contributed by atoms with van der Waals surface area (Å²) in [5.74, 6) is -1.27. The van der Waals surface area contributed by atoms with Crippen LogP contribution in [0.25, 0.3) is 0 Å². The largest absolute Gasteiger partial charge is 0.481 e. The Hall–Kier alpha value is -0.910. The minimum Gasteiger partial charge on any atom is -0.481 e. The van der Waals surface area contributed by atoms with E-state index < -0.39 is 22.0 Å². The van der Waals surface area contributed by atoms with Gasteiger partial charge in [0.25, 0.3) is 0 Å². The minimum atomic E-state index is -1.41. The maximum absolute atomic E-state index is 11.4. The summed E-state index contributed by atoms with van der Waals surface area (Å²) in [7, 11) is -1.41. The average Bonchev–Trinajstić information content (AvgIpc) is 2.13. The van der Waals surface area contributed by atoms with E-state index in [2.05, 4.69) is 5.32 Å². The van der Waals surface area contributed by atoms with Crippen LogP contribution in [0.4, 0.5) is 0 Å². The molecule has 0 aromatic rings. The van der Waals surface area contributed by atoms with Crippen LogP contribution < -0.4 is 5.32 Å². The Kier molecular flexibility index (Phi) is 6.11. The zero-order chi connectivity index (χ0) is 11.1. The zero-order valence-electron chi connectivity index (χ0n) is 8.28. The standard InChI is InChI=1S/C8H15NO4S/c1-3-9-8(12)6(2)14(13)5-4-7(10)11/h6H,3-5H2,1-2H3,(H,9,12)(H,10,11). The maximum Gasteiger partial charge on any atom is 0.304 e. The number of carbonyl (C=O) groups excluding carboxylic acids is 1. The van der Waals surface area contributed by atoms with Gasteiger partial charge in [-0.1, -0.05) is 0 Å². The Morgan fingerprint density at radius 1 is 1.50 bits per heavy atom. The van der Waals surface area contributed by atoms with E-state index in [-0.39, 0.29) is 18.1 Å². The Labute approximate surface area is 85.3 Å². The molecule has 2 unspecified atom stereocenters. The molecular weight excluding hydrogens is 206 g/mol. The highest BCUT2D eigenvalue weighted by Gasteiger charge is 2.19. The monoisotopic (exact) mass is 221 g/mol. The number of carboxylic acid groups (broad SMARTS) is 1. The first-order valence-corrected chi connectivity index (χ1v) is 5.74. The van der Waals surface area contributed by atoms with Crippen molar-refractivity contribution in [3.8, 4) is 0 Å². The molecule has 6 heteroatoms. The quantitative estimate of drug-likeness (QED) is 0.647. The lowest BCUT2D eigenvalue weighted by atomic mass is 10.4. The molecule has 0 saturated heterocycles. The lowest BCUT2D eigenvalue weighted by molar-refractivity contribution is -0.136. The van der Waals surface area contributed by atoms with Gasteiger partial charge in [-0.3, -0.25) is 13.8 Å². The Bertz CT molecular complexity index is 241. The molecule has 0 aromatic heterocycles. The third-order valence-electron chi connectivity index (χ3n) is 1.63. The molecule has 0 aliphatic carbocycles. The SMILES string of the molecule is CCNC(=O)C(C)S(=O)CCC(=O)O. The van der Waals surface area contributed by atoms with Crippen LogP contribution in [0.5, 0.6) is 0 Å². The summed E-state index contributed by atoms with van der Waals surface area (Å²) in [6.45, 7) is 3.78. The number of carboxylic acids is 1. The highest BCUT2D eigenvalue weighted by molar-refractivity contribution is 7.86. The van der Waals surface area contributed by atoms with Crippen molar-refractivity contribution >= 4 is 22.7 Å². The molecule has 0 bridgehead atoms. The van der Waals surface area contributed by atoms with Crippen molar-refractivity contribution in [2.24, 2.45) is 0 Å². The zero-order valence-corrected chi connectivity index (χ0v) is 9.10. The number of hydrogen-bond acceptors (Lipinski definition) is 3. The summed E-state index contributed by atoms with van der Waals surface area (Å²) in [4.78, 5) is 21.4. The van der Waals surface area contributed by atoms with E-state index in [1.54, 1.807) is 6.92 Å². The number of carbonyl (C=O) groups is 2. The molecule has 0 saturated carbocycles. The number of rotatable bonds is 6. The number of aliphatic carboxylic acids is 1. The van der Waals surface area contributed by atoms with Crippen LogP contribution in [0.3, 0.4) is 0 Å². The Balaban J connectivity index is 3.98. The fourth-order valence-electron chi connectivity index (χ4n) is 0.802. The number of nitrogens with one attached hydrogen (secondary N) is 1. The van der Waals surface area contributed by atoms with Crippen molar-refractivity contribution in [3.05, 3.63) is 0 Å². The van der Waals surface area contributed by atoms with Crippen LogP contribution in [0, 0.1) is 0 Å². The van der Waals surface area contributed by atoms with Crippen LogP contribution in [0.1, 0.15) is 20.3 Å². The Morgan fingerprint density at radius 2 is 2.07 bits per heavy atom. The molecule has 0 spiro atoms. The van der Waals surface area contributed by atoms with Gasteiger partial charge in [0, 0.05) is 23.1 Å². The van der Waals surface area contributed by atoms with Gasteiger partial charge in [-0.2, -0.15) is 0 Å². The van der Waals surface area contributed by atoms with E-state index in [4.69, 9.17) is 5.11 Å². The fraction of sp³-hybridized carbons (Fsp3) is 0.750. The lowest BCUT2D eigenvalue weighted by Crippen LogP contribution is -2.36. The smallest absolute Gasteiger partial charge is 0.304 e. The molecule has 14 heavy (non-hydrogen) atoms. The number of amides is 1. The number of hydrogen-bond donors (Lipinski definition) is 2. The van der Waals surface area contributed by atoms with Gasteiger partial charge in [-0.15, -0.1) is 0 Å². The van der Waals surface area contributed by atoms with Gasteiger partial charge >= 0.3 is 5.97 Å². The molecule has 2 N–H and O–H groups in total. The highest BCUT2D eigenvalue weighted by atomic mass is 32.2. The van der Waals surface area contributed by atoms with Crippen LogP contribution in [-0.4, -0.2) is 38.7 Å². The van der Waals surface area contributed by atoms with Gasteiger partial charge in [0.2, 0.25) is 5.91 Å². The first kappa shape index (κ1) is 13.1. The van der Waals surface area contributed by atoms with Crippen molar-refractivity contribution in [1.29, 1.82) is 0 Å². The van der Waals surface area contributed by atoms with Crippen LogP contribution in [0.15, 0.2) is 0 Å². The molecule has 2 atom stereocenters. The first-order chi connectivity index (χ1) is 6.49. The summed E-state index contributed by atoms with van der Waals surface area (Å²) in [6, 6.07) is 0. The predicted molar refractivity (Wildman–Crippen MR) is 53.4 cm³/mol. The van der Waals surface area contributed by atoms with Gasteiger partial charge in [0.15, 0.2) is 0 Å². The fourth-order valence-corrected chi connectivity index (χ4v) is 1.85. The average molecular weight is 221 g/mol. The third-order valence-corrected chi connectivity index (χ3v) is 3.24. The van der Waals surface area contributed by atoms with E-state index in [0.29, 0.717) is 6.54 Å². The molecule has 0 rings (SSSR count). The van der Waals surface area contributed by atoms with E-state index >= 15 is 0 Å². The van der Waals surface area contributed by atoms with Gasteiger partial charge in [-0.05, 0) is 13.8 Å². The summed E-state index contributed by atoms with van der Waals surface area (Å²) >= 11 is 0. The van der Waals surface area contributed by atoms with Gasteiger partial charge < -0.3 is 10.4 Å². The molecule has 0 aliphatic rings. The molecule has 0 heterocycles. The van der Waals surface area contributed by atoms with Crippen molar-refractivity contribution < 1.29 is 18.9 Å². The topological polar surface area (TPSA) is 83.5 Å². The van der Waals surface area contributed by atoms with Crippen molar-refractivity contribution in [2.75, 3.05) is 12.3 Å². The third kappa shape index (κ3) is 4.96. The van der Waals surface area contributed by atoms with Crippen molar-refractivity contribution in [1.82, 2.24) is 5.32 Å². The second-order valence-electron chi connectivity index (χ2n) is 2.77. The first-order valence-electron chi connectivity index (χ1n) is 4.35. The van der Waals surface area contributed by atoms with Gasteiger partial charge in [0.05, 0.1) is 6.42 Å². The molecule has 1 amide bonds. The van der Waals surface area contributed by atoms with Crippen molar-refractivity contribution in [2.45, 2.75) is 25.5 Å². The van der Waals surface area contributed by atoms with E-state index in [0.717, 1.165) is 0 Å². The molecular formula is C8H15NO4S. The highest BCUT2D eigenvalue weighted by Crippen LogP contribution is 1.98. The Morgan fingerprint density at radius 3 is 2.50 bits per heavy atom. The molecule has 82 valence electrons. The second-order valence-corrected chi connectivity index (χ2v) is 4.64. The molecule has 0 fully saturated rings. The molecule has 0 aromatic carbocycles. The summed E-state index contributed by atoms with van der Waals surface area (Å²) < 4.78 is 11.4. The molecule has 5 nitrogen and oxygen atoms in total. The predicted octanol–water partition coefficient (Wildman–Crippen LogP) is -0.266. The maximum atomic E-state index is 11.4. The summed E-state index contributed by atoms with van der Waals surface area (Å²) in [5.41, 5.74) is 0.